The third-order valence-electron chi connectivity index (χ3n) is 1.36. The number of anilines is 1. The molecule has 1 rings (SSSR count). The van der Waals surface area contributed by atoms with Gasteiger partial charge in [-0.15, -0.1) is 0 Å². The standard InChI is InChI=1S/C7H8N4O2/c1-12-5-4(3-8)6(13-2)11-7(9)10-5/h1-2H3,(H2,9,10,11). The van der Waals surface area contributed by atoms with Gasteiger partial charge in [0.1, 0.15) is 6.07 Å². The zero-order chi connectivity index (χ0) is 9.84. The van der Waals surface area contributed by atoms with Gasteiger partial charge in [0.05, 0.1) is 14.2 Å². The maximum Gasteiger partial charge on any atom is 0.240 e. The molecule has 0 aliphatic rings. The van der Waals surface area contributed by atoms with Crippen molar-refractivity contribution < 1.29 is 9.47 Å². The van der Waals surface area contributed by atoms with Crippen molar-refractivity contribution in [3.05, 3.63) is 5.56 Å². The van der Waals surface area contributed by atoms with Crippen LogP contribution in [0, 0.1) is 11.3 Å². The summed E-state index contributed by atoms with van der Waals surface area (Å²) in [6.07, 6.45) is 0. The molecule has 0 bridgehead atoms. The van der Waals surface area contributed by atoms with E-state index in [1.807, 2.05) is 6.07 Å². The Morgan fingerprint density at radius 2 is 1.69 bits per heavy atom. The average Bonchev–Trinajstić information content (AvgIpc) is 2.16. The minimum atomic E-state index is 0.00713. The lowest BCUT2D eigenvalue weighted by Crippen LogP contribution is -2.03. The molecular formula is C7H8N4O2. The molecule has 0 spiro atoms. The van der Waals surface area contributed by atoms with Crippen molar-refractivity contribution in [3.63, 3.8) is 0 Å². The van der Waals surface area contributed by atoms with E-state index in [-0.39, 0.29) is 23.3 Å². The van der Waals surface area contributed by atoms with E-state index < -0.39 is 0 Å². The molecule has 0 radical (unpaired) electrons. The van der Waals surface area contributed by atoms with Crippen LogP contribution in [0.5, 0.6) is 11.8 Å². The van der Waals surface area contributed by atoms with Gasteiger partial charge in [-0.1, -0.05) is 0 Å². The molecule has 68 valence electrons. The number of aromatic nitrogens is 2. The van der Waals surface area contributed by atoms with Crippen molar-refractivity contribution in [1.82, 2.24) is 9.97 Å². The first-order chi connectivity index (χ1) is 6.22. The minimum absolute atomic E-state index is 0.00713. The van der Waals surface area contributed by atoms with E-state index in [1.54, 1.807) is 0 Å². The number of rotatable bonds is 2. The van der Waals surface area contributed by atoms with Crippen molar-refractivity contribution >= 4 is 5.95 Å². The van der Waals surface area contributed by atoms with Crippen LogP contribution in [-0.4, -0.2) is 24.2 Å². The van der Waals surface area contributed by atoms with Crippen LogP contribution in [0.3, 0.4) is 0 Å². The first-order valence-electron chi connectivity index (χ1n) is 3.38. The molecule has 1 aromatic rings. The molecule has 2 N–H and O–H groups in total. The summed E-state index contributed by atoms with van der Waals surface area (Å²) in [5.74, 6) is 0.242. The normalized spacial score (nSPS) is 9.00. The van der Waals surface area contributed by atoms with Gasteiger partial charge in [-0.05, 0) is 0 Å². The van der Waals surface area contributed by atoms with E-state index in [1.165, 1.54) is 14.2 Å². The number of nitriles is 1. The summed E-state index contributed by atoms with van der Waals surface area (Å²) in [5.41, 5.74) is 5.48. The van der Waals surface area contributed by atoms with Crippen LogP contribution >= 0.6 is 0 Å². The fourth-order valence-corrected chi connectivity index (χ4v) is 0.827. The summed E-state index contributed by atoms with van der Waals surface area (Å²) < 4.78 is 9.65. The summed E-state index contributed by atoms with van der Waals surface area (Å²) in [6.45, 7) is 0. The second-order valence-corrected chi connectivity index (χ2v) is 2.09. The summed E-state index contributed by atoms with van der Waals surface area (Å²) in [6, 6.07) is 1.86. The van der Waals surface area contributed by atoms with Gasteiger partial charge in [0.2, 0.25) is 17.7 Å². The van der Waals surface area contributed by atoms with E-state index in [2.05, 4.69) is 9.97 Å². The van der Waals surface area contributed by atoms with Gasteiger partial charge in [-0.25, -0.2) is 0 Å². The summed E-state index contributed by atoms with van der Waals surface area (Å²) in [4.78, 5) is 7.43. The van der Waals surface area contributed by atoms with Crippen molar-refractivity contribution in [2.75, 3.05) is 20.0 Å². The number of nitrogens with two attached hydrogens (primary N) is 1. The number of nitrogens with zero attached hydrogens (tertiary/aromatic N) is 3. The van der Waals surface area contributed by atoms with E-state index in [9.17, 15) is 0 Å². The average molecular weight is 180 g/mol. The van der Waals surface area contributed by atoms with Gasteiger partial charge in [-0.3, -0.25) is 0 Å². The Labute approximate surface area is 74.9 Å². The predicted octanol–water partition coefficient (Wildman–Crippen LogP) is -0.0523. The van der Waals surface area contributed by atoms with Crippen LogP contribution in [0.25, 0.3) is 0 Å². The second-order valence-electron chi connectivity index (χ2n) is 2.09. The topological polar surface area (TPSA) is 94.1 Å². The highest BCUT2D eigenvalue weighted by Crippen LogP contribution is 2.23. The zero-order valence-corrected chi connectivity index (χ0v) is 7.24. The van der Waals surface area contributed by atoms with Gasteiger partial charge in [0.25, 0.3) is 0 Å². The Bertz CT molecular complexity index is 333. The molecule has 0 aliphatic heterocycles. The van der Waals surface area contributed by atoms with Crippen molar-refractivity contribution in [3.8, 4) is 17.8 Å². The highest BCUT2D eigenvalue weighted by molar-refractivity contribution is 5.48. The van der Waals surface area contributed by atoms with E-state index >= 15 is 0 Å². The molecule has 1 heterocycles. The maximum absolute atomic E-state index is 8.72. The summed E-state index contributed by atoms with van der Waals surface area (Å²) >= 11 is 0. The van der Waals surface area contributed by atoms with Gasteiger partial charge in [0, 0.05) is 0 Å². The third kappa shape index (κ3) is 1.59. The molecule has 0 aromatic carbocycles. The van der Waals surface area contributed by atoms with Crippen LogP contribution < -0.4 is 15.2 Å². The molecule has 0 unspecified atom stereocenters. The largest absolute Gasteiger partial charge is 0.480 e. The van der Waals surface area contributed by atoms with E-state index in [0.29, 0.717) is 0 Å². The van der Waals surface area contributed by atoms with Crippen molar-refractivity contribution in [1.29, 1.82) is 5.26 Å². The Morgan fingerprint density at radius 3 is 2.00 bits per heavy atom. The molecular weight excluding hydrogens is 172 g/mol. The molecule has 6 heteroatoms. The number of hydrogen-bond donors (Lipinski definition) is 1. The molecule has 0 aliphatic carbocycles. The van der Waals surface area contributed by atoms with Crippen LogP contribution in [0.15, 0.2) is 0 Å². The minimum Gasteiger partial charge on any atom is -0.480 e. The van der Waals surface area contributed by atoms with Crippen LogP contribution in [-0.2, 0) is 0 Å². The van der Waals surface area contributed by atoms with Crippen LogP contribution in [0.2, 0.25) is 0 Å². The van der Waals surface area contributed by atoms with E-state index in [4.69, 9.17) is 20.5 Å². The lowest BCUT2D eigenvalue weighted by molar-refractivity contribution is 0.370. The Morgan fingerprint density at radius 1 is 1.23 bits per heavy atom. The van der Waals surface area contributed by atoms with Crippen LogP contribution in [0.1, 0.15) is 5.56 Å². The molecule has 0 saturated carbocycles. The lowest BCUT2D eigenvalue weighted by atomic mass is 10.3. The van der Waals surface area contributed by atoms with Gasteiger partial charge in [-0.2, -0.15) is 15.2 Å². The van der Waals surface area contributed by atoms with Crippen molar-refractivity contribution in [2.45, 2.75) is 0 Å². The predicted molar refractivity (Wildman–Crippen MR) is 44.3 cm³/mol. The first kappa shape index (κ1) is 9.06. The molecule has 1 aromatic heterocycles. The fourth-order valence-electron chi connectivity index (χ4n) is 0.827. The molecule has 0 fully saturated rings. The van der Waals surface area contributed by atoms with E-state index in [0.717, 1.165) is 0 Å². The Kier molecular flexibility index (Phi) is 2.50. The van der Waals surface area contributed by atoms with Gasteiger partial charge < -0.3 is 15.2 Å². The molecule has 0 atom stereocenters. The number of methoxy groups -OCH3 is 2. The first-order valence-corrected chi connectivity index (χ1v) is 3.38. The Balaban J connectivity index is 3.36. The monoisotopic (exact) mass is 180 g/mol. The van der Waals surface area contributed by atoms with Crippen LogP contribution in [0.4, 0.5) is 5.95 Å². The number of ether oxygens (including phenoxy) is 2. The highest BCUT2D eigenvalue weighted by atomic mass is 16.5. The fraction of sp³-hybridized carbons (Fsp3) is 0.286. The number of nitrogen functional groups attached to an aromatic ring is 1. The quantitative estimate of drug-likeness (QED) is 0.685. The number of hydrogen-bond acceptors (Lipinski definition) is 6. The molecule has 13 heavy (non-hydrogen) atoms. The Hall–Kier alpha value is -2.03. The molecule has 0 saturated heterocycles. The third-order valence-corrected chi connectivity index (χ3v) is 1.36. The SMILES string of the molecule is COc1nc(N)nc(OC)c1C#N. The van der Waals surface area contributed by atoms with Crippen molar-refractivity contribution in [2.24, 2.45) is 0 Å². The maximum atomic E-state index is 8.72. The highest BCUT2D eigenvalue weighted by Gasteiger charge is 2.13. The zero-order valence-electron chi connectivity index (χ0n) is 7.24. The smallest absolute Gasteiger partial charge is 0.240 e. The van der Waals surface area contributed by atoms with Gasteiger partial charge >= 0.3 is 0 Å². The second kappa shape index (κ2) is 3.58. The van der Waals surface area contributed by atoms with Gasteiger partial charge in [0.15, 0.2) is 5.56 Å². The molecule has 0 amide bonds. The summed E-state index contributed by atoms with van der Waals surface area (Å²) in [5, 5.41) is 8.72. The summed E-state index contributed by atoms with van der Waals surface area (Å²) in [7, 11) is 2.78. The lowest BCUT2D eigenvalue weighted by Gasteiger charge is -2.05. The molecule has 6 nitrogen and oxygen atoms in total.